The van der Waals surface area contributed by atoms with Crippen LogP contribution in [-0.2, 0) is 16.1 Å². The molecule has 140 valence electrons. The summed E-state index contributed by atoms with van der Waals surface area (Å²) >= 11 is 0. The predicted molar refractivity (Wildman–Crippen MR) is 106 cm³/mol. The highest BCUT2D eigenvalue weighted by atomic mass is 16.5. The molecule has 26 heavy (non-hydrogen) atoms. The molecule has 4 heteroatoms. The Morgan fingerprint density at radius 2 is 2.00 bits per heavy atom. The number of piperidine rings is 1. The van der Waals surface area contributed by atoms with Gasteiger partial charge in [0, 0.05) is 26.7 Å². The van der Waals surface area contributed by atoms with Crippen molar-refractivity contribution < 1.29 is 9.53 Å². The summed E-state index contributed by atoms with van der Waals surface area (Å²) in [6, 6.07) is 13.0. The van der Waals surface area contributed by atoms with E-state index >= 15 is 0 Å². The van der Waals surface area contributed by atoms with Crippen LogP contribution in [0.2, 0.25) is 0 Å². The van der Waals surface area contributed by atoms with Crippen LogP contribution in [0.1, 0.15) is 30.9 Å². The number of ether oxygens (including phenoxy) is 1. The quantitative estimate of drug-likeness (QED) is 0.807. The second-order valence-corrected chi connectivity index (χ2v) is 7.71. The average Bonchev–Trinajstić information content (AvgIpc) is 2.64. The van der Waals surface area contributed by atoms with Gasteiger partial charge >= 0.3 is 0 Å². The van der Waals surface area contributed by atoms with E-state index in [0.29, 0.717) is 13.2 Å². The number of aryl methyl sites for hydroxylation is 1. The largest absolute Gasteiger partial charge is 0.383 e. The number of rotatable bonds is 6. The van der Waals surface area contributed by atoms with Crippen LogP contribution in [0.5, 0.6) is 0 Å². The second kappa shape index (κ2) is 8.19. The third-order valence-corrected chi connectivity index (χ3v) is 5.54. The zero-order valence-electron chi connectivity index (χ0n) is 16.2. The summed E-state index contributed by atoms with van der Waals surface area (Å²) < 4.78 is 5.04. The van der Waals surface area contributed by atoms with Crippen LogP contribution in [0.4, 0.5) is 0 Å². The van der Waals surface area contributed by atoms with Crippen LogP contribution < -0.4 is 5.32 Å². The van der Waals surface area contributed by atoms with E-state index in [-0.39, 0.29) is 11.3 Å². The van der Waals surface area contributed by atoms with Gasteiger partial charge in [-0.1, -0.05) is 36.4 Å². The molecule has 2 aromatic rings. The van der Waals surface area contributed by atoms with Crippen LogP contribution in [-0.4, -0.2) is 44.2 Å². The first-order chi connectivity index (χ1) is 12.5. The second-order valence-electron chi connectivity index (χ2n) is 7.71. The van der Waals surface area contributed by atoms with Gasteiger partial charge in [-0.3, -0.25) is 9.69 Å². The smallest absolute Gasteiger partial charge is 0.227 e. The lowest BCUT2D eigenvalue weighted by molar-refractivity contribution is -0.133. The van der Waals surface area contributed by atoms with Crippen molar-refractivity contribution in [3.63, 3.8) is 0 Å². The molecule has 1 unspecified atom stereocenters. The summed E-state index contributed by atoms with van der Waals surface area (Å²) in [6.07, 6.45) is 1.99. The minimum Gasteiger partial charge on any atom is -0.383 e. The number of carbonyl (C=O) groups is 1. The fraction of sp³-hybridized carbons (Fsp3) is 0.500. The van der Waals surface area contributed by atoms with Crippen molar-refractivity contribution in [3.8, 4) is 0 Å². The number of nitrogens with one attached hydrogen (secondary N) is 1. The zero-order valence-corrected chi connectivity index (χ0v) is 16.2. The molecular formula is C22H30N2O2. The molecule has 3 rings (SSSR count). The lowest BCUT2D eigenvalue weighted by Gasteiger charge is -2.39. The Morgan fingerprint density at radius 1 is 1.23 bits per heavy atom. The fourth-order valence-electron chi connectivity index (χ4n) is 4.04. The highest BCUT2D eigenvalue weighted by molar-refractivity contribution is 5.88. The summed E-state index contributed by atoms with van der Waals surface area (Å²) in [6.45, 7) is 8.12. The summed E-state index contributed by atoms with van der Waals surface area (Å²) in [4.78, 5) is 15.1. The van der Waals surface area contributed by atoms with Crippen LogP contribution >= 0.6 is 0 Å². The standard InChI is InChI=1S/C22H30N2O2/c1-17-9-10-18(20-8-5-4-7-19(17)20)15-24-13-6-11-22(2,16-24)21(25)23-12-14-26-3/h4-5,7-10H,6,11-16H2,1-3H3,(H,23,25). The number of carbonyl (C=O) groups excluding carboxylic acids is 1. The lowest BCUT2D eigenvalue weighted by atomic mass is 9.80. The molecule has 1 fully saturated rings. The van der Waals surface area contributed by atoms with Gasteiger partial charge in [0.25, 0.3) is 0 Å². The first kappa shape index (κ1) is 18.9. The van der Waals surface area contributed by atoms with Gasteiger partial charge in [0.05, 0.1) is 12.0 Å². The molecule has 0 radical (unpaired) electrons. The van der Waals surface area contributed by atoms with E-state index in [1.807, 2.05) is 0 Å². The van der Waals surface area contributed by atoms with E-state index in [0.717, 1.165) is 32.5 Å². The molecule has 1 saturated heterocycles. The highest BCUT2D eigenvalue weighted by Crippen LogP contribution is 2.32. The predicted octanol–water partition coefficient (Wildman–Crippen LogP) is 3.51. The van der Waals surface area contributed by atoms with Gasteiger partial charge in [-0.2, -0.15) is 0 Å². The number of fused-ring (bicyclic) bond motifs is 1. The molecule has 1 aliphatic heterocycles. The van der Waals surface area contributed by atoms with Gasteiger partial charge in [-0.15, -0.1) is 0 Å². The van der Waals surface area contributed by atoms with Gasteiger partial charge in [0.1, 0.15) is 0 Å². The molecule has 0 saturated carbocycles. The van der Waals surface area contributed by atoms with E-state index in [1.165, 1.54) is 21.9 Å². The van der Waals surface area contributed by atoms with Crippen LogP contribution in [0.15, 0.2) is 36.4 Å². The van der Waals surface area contributed by atoms with Gasteiger partial charge in [-0.05, 0) is 55.1 Å². The molecule has 0 bridgehead atoms. The zero-order chi connectivity index (χ0) is 18.6. The Labute approximate surface area is 156 Å². The summed E-state index contributed by atoms with van der Waals surface area (Å²) in [5.41, 5.74) is 2.33. The van der Waals surface area contributed by atoms with E-state index in [4.69, 9.17) is 4.74 Å². The molecule has 0 spiro atoms. The molecule has 1 heterocycles. The van der Waals surface area contributed by atoms with Crippen LogP contribution in [0, 0.1) is 12.3 Å². The minimum absolute atomic E-state index is 0.146. The van der Waals surface area contributed by atoms with Crippen molar-refractivity contribution in [1.29, 1.82) is 0 Å². The van der Waals surface area contributed by atoms with Crippen LogP contribution in [0.3, 0.4) is 0 Å². The topological polar surface area (TPSA) is 41.6 Å². The Hall–Kier alpha value is -1.91. The number of amides is 1. The molecule has 1 amide bonds. The SMILES string of the molecule is COCCNC(=O)C1(C)CCCN(Cc2ccc(C)c3ccccc23)C1. The van der Waals surface area contributed by atoms with E-state index in [9.17, 15) is 4.79 Å². The number of nitrogens with zero attached hydrogens (tertiary/aromatic N) is 1. The Bertz CT molecular complexity index is 774. The van der Waals surface area contributed by atoms with Gasteiger partial charge in [0.15, 0.2) is 0 Å². The monoisotopic (exact) mass is 354 g/mol. The summed E-state index contributed by atoms with van der Waals surface area (Å²) in [5, 5.41) is 5.67. The van der Waals surface area contributed by atoms with Gasteiger partial charge in [0.2, 0.25) is 5.91 Å². The van der Waals surface area contributed by atoms with Gasteiger partial charge < -0.3 is 10.1 Å². The molecular weight excluding hydrogens is 324 g/mol. The highest BCUT2D eigenvalue weighted by Gasteiger charge is 2.37. The van der Waals surface area contributed by atoms with Gasteiger partial charge in [-0.25, -0.2) is 0 Å². The number of benzene rings is 2. The first-order valence-electron chi connectivity index (χ1n) is 9.50. The molecule has 2 aromatic carbocycles. The summed E-state index contributed by atoms with van der Waals surface area (Å²) in [7, 11) is 1.65. The van der Waals surface area contributed by atoms with E-state index in [2.05, 4.69) is 60.5 Å². The molecule has 0 aliphatic carbocycles. The number of methoxy groups -OCH3 is 1. The van der Waals surface area contributed by atoms with E-state index in [1.54, 1.807) is 7.11 Å². The third-order valence-electron chi connectivity index (χ3n) is 5.54. The molecule has 0 aromatic heterocycles. The van der Waals surface area contributed by atoms with Crippen molar-refractivity contribution in [2.45, 2.75) is 33.2 Å². The normalized spacial score (nSPS) is 21.0. The Morgan fingerprint density at radius 3 is 2.77 bits per heavy atom. The first-order valence-corrected chi connectivity index (χ1v) is 9.50. The maximum absolute atomic E-state index is 12.7. The van der Waals surface area contributed by atoms with Crippen LogP contribution in [0.25, 0.3) is 10.8 Å². The molecule has 1 N–H and O–H groups in total. The van der Waals surface area contributed by atoms with Crippen molar-refractivity contribution in [2.24, 2.45) is 5.41 Å². The van der Waals surface area contributed by atoms with Crippen molar-refractivity contribution in [2.75, 3.05) is 33.4 Å². The lowest BCUT2D eigenvalue weighted by Crippen LogP contribution is -2.50. The van der Waals surface area contributed by atoms with Crippen molar-refractivity contribution >= 4 is 16.7 Å². The Balaban J connectivity index is 1.73. The van der Waals surface area contributed by atoms with E-state index < -0.39 is 0 Å². The van der Waals surface area contributed by atoms with Crippen molar-refractivity contribution in [1.82, 2.24) is 10.2 Å². The maximum Gasteiger partial charge on any atom is 0.227 e. The molecule has 1 atom stereocenters. The number of hydrogen-bond acceptors (Lipinski definition) is 3. The maximum atomic E-state index is 12.7. The molecule has 1 aliphatic rings. The minimum atomic E-state index is -0.327. The Kier molecular flexibility index (Phi) is 5.94. The molecule has 4 nitrogen and oxygen atoms in total. The summed E-state index contributed by atoms with van der Waals surface area (Å²) in [5.74, 6) is 0.146. The third kappa shape index (κ3) is 4.08. The fourth-order valence-corrected chi connectivity index (χ4v) is 4.04. The average molecular weight is 354 g/mol. The number of likely N-dealkylation sites (tertiary alicyclic amines) is 1. The number of hydrogen-bond donors (Lipinski definition) is 1. The van der Waals surface area contributed by atoms with Crippen molar-refractivity contribution in [3.05, 3.63) is 47.5 Å².